The van der Waals surface area contributed by atoms with Crippen LogP contribution < -0.4 is 0 Å². The van der Waals surface area contributed by atoms with Crippen LogP contribution in [0.5, 0.6) is 0 Å². The summed E-state index contributed by atoms with van der Waals surface area (Å²) in [6.07, 6.45) is 1.70. The fourth-order valence-corrected chi connectivity index (χ4v) is 4.75. The number of ether oxygens (including phenoxy) is 1. The minimum Gasteiger partial charge on any atom is -0.455 e. The second-order valence-corrected chi connectivity index (χ2v) is 8.81. The smallest absolute Gasteiger partial charge is 0.338 e. The van der Waals surface area contributed by atoms with Crippen molar-refractivity contribution in [1.82, 2.24) is 9.46 Å². The predicted molar refractivity (Wildman–Crippen MR) is 105 cm³/mol. The Morgan fingerprint density at radius 2 is 1.80 bits per heavy atom. The van der Waals surface area contributed by atoms with Gasteiger partial charge in [-0.3, -0.25) is 0 Å². The standard InChI is InChI=1S/C21H19FN2O5S/c22-19-6-2-1-5-18(19)20-13-16(23-29-20)14-28-21(25)15-7-9-17(10-8-15)30(26,27)24-11-3-4-12-24/h1-2,5-10,13H,3-4,11-12,14H2. The third-order valence-electron chi connectivity index (χ3n) is 4.84. The van der Waals surface area contributed by atoms with Gasteiger partial charge in [0.2, 0.25) is 10.0 Å². The van der Waals surface area contributed by atoms with Crippen molar-refractivity contribution in [1.29, 1.82) is 0 Å². The number of carbonyl (C=O) groups excluding carboxylic acids is 1. The van der Waals surface area contributed by atoms with E-state index in [0.717, 1.165) is 12.8 Å². The SMILES string of the molecule is O=C(OCc1cc(-c2ccccc2F)on1)c1ccc(S(=O)(=O)N2CCCC2)cc1. The van der Waals surface area contributed by atoms with Crippen LogP contribution in [0.1, 0.15) is 28.9 Å². The van der Waals surface area contributed by atoms with Crippen LogP contribution in [0, 0.1) is 5.82 Å². The first kappa shape index (κ1) is 20.2. The Hall–Kier alpha value is -3.04. The summed E-state index contributed by atoms with van der Waals surface area (Å²) in [7, 11) is -3.54. The molecule has 9 heteroatoms. The van der Waals surface area contributed by atoms with E-state index in [2.05, 4.69) is 5.16 Å². The minimum absolute atomic E-state index is 0.145. The van der Waals surface area contributed by atoms with E-state index in [9.17, 15) is 17.6 Å². The van der Waals surface area contributed by atoms with E-state index in [-0.39, 0.29) is 28.4 Å². The lowest BCUT2D eigenvalue weighted by Crippen LogP contribution is -2.27. The van der Waals surface area contributed by atoms with Crippen LogP contribution in [0.25, 0.3) is 11.3 Å². The highest BCUT2D eigenvalue weighted by molar-refractivity contribution is 7.89. The van der Waals surface area contributed by atoms with Gasteiger partial charge in [0.1, 0.15) is 18.1 Å². The summed E-state index contributed by atoms with van der Waals surface area (Å²) in [6, 6.07) is 13.2. The molecular formula is C21H19FN2O5S. The van der Waals surface area contributed by atoms with Crippen LogP contribution in [-0.2, 0) is 21.4 Å². The Bertz CT molecular complexity index is 1150. The lowest BCUT2D eigenvalue weighted by Gasteiger charge is -2.15. The van der Waals surface area contributed by atoms with Crippen molar-refractivity contribution in [2.24, 2.45) is 0 Å². The number of hydrogen-bond donors (Lipinski definition) is 0. The molecule has 0 saturated carbocycles. The zero-order valence-corrected chi connectivity index (χ0v) is 16.8. The van der Waals surface area contributed by atoms with Crippen LogP contribution >= 0.6 is 0 Å². The summed E-state index contributed by atoms with van der Waals surface area (Å²) >= 11 is 0. The highest BCUT2D eigenvalue weighted by Crippen LogP contribution is 2.24. The third-order valence-corrected chi connectivity index (χ3v) is 6.76. The van der Waals surface area contributed by atoms with E-state index in [4.69, 9.17) is 9.26 Å². The van der Waals surface area contributed by atoms with Crippen LogP contribution in [0.15, 0.2) is 64.0 Å². The monoisotopic (exact) mass is 430 g/mol. The number of halogens is 1. The van der Waals surface area contributed by atoms with Gasteiger partial charge in [-0.1, -0.05) is 17.3 Å². The zero-order valence-electron chi connectivity index (χ0n) is 16.0. The third kappa shape index (κ3) is 4.12. The second-order valence-electron chi connectivity index (χ2n) is 6.87. The van der Waals surface area contributed by atoms with Gasteiger partial charge < -0.3 is 9.26 Å². The average molecular weight is 430 g/mol. The first-order chi connectivity index (χ1) is 14.4. The van der Waals surface area contributed by atoms with Crippen molar-refractivity contribution < 1.29 is 26.9 Å². The molecule has 0 N–H and O–H groups in total. The van der Waals surface area contributed by atoms with Crippen LogP contribution in [0.2, 0.25) is 0 Å². The summed E-state index contributed by atoms with van der Waals surface area (Å²) in [5.74, 6) is -0.840. The molecule has 0 unspecified atom stereocenters. The topological polar surface area (TPSA) is 89.7 Å². The number of sulfonamides is 1. The molecule has 2 heterocycles. The predicted octanol–water partition coefficient (Wildman–Crippen LogP) is 3.62. The molecule has 1 aliphatic heterocycles. The molecular weight excluding hydrogens is 411 g/mol. The molecule has 0 aliphatic carbocycles. The van der Waals surface area contributed by atoms with Gasteiger partial charge in [-0.2, -0.15) is 4.31 Å². The number of nitrogens with zero attached hydrogens (tertiary/aromatic N) is 2. The summed E-state index contributed by atoms with van der Waals surface area (Å²) in [5, 5.41) is 3.79. The molecule has 0 radical (unpaired) electrons. The van der Waals surface area contributed by atoms with E-state index in [0.29, 0.717) is 18.8 Å². The molecule has 1 saturated heterocycles. The molecule has 30 heavy (non-hydrogen) atoms. The van der Waals surface area contributed by atoms with E-state index in [1.54, 1.807) is 18.2 Å². The van der Waals surface area contributed by atoms with Gasteiger partial charge in [0.25, 0.3) is 0 Å². The molecule has 0 spiro atoms. The summed E-state index contributed by atoms with van der Waals surface area (Å²) in [6.45, 7) is 0.863. The molecule has 4 rings (SSSR count). The Kier molecular flexibility index (Phi) is 5.65. The van der Waals surface area contributed by atoms with Gasteiger partial charge in [0.05, 0.1) is 16.0 Å². The van der Waals surface area contributed by atoms with Gasteiger partial charge >= 0.3 is 5.97 Å². The molecule has 1 aromatic heterocycles. The molecule has 0 amide bonds. The number of aromatic nitrogens is 1. The summed E-state index contributed by atoms with van der Waals surface area (Å²) < 4.78 is 50.6. The van der Waals surface area contributed by atoms with Crippen molar-refractivity contribution in [3.05, 3.63) is 71.7 Å². The van der Waals surface area contributed by atoms with E-state index in [1.165, 1.54) is 40.7 Å². The first-order valence-electron chi connectivity index (χ1n) is 9.43. The molecule has 1 aliphatic rings. The number of carbonyl (C=O) groups is 1. The normalized spacial score (nSPS) is 14.7. The molecule has 0 atom stereocenters. The van der Waals surface area contributed by atoms with Crippen LogP contribution in [0.4, 0.5) is 4.39 Å². The maximum Gasteiger partial charge on any atom is 0.338 e. The number of esters is 1. The van der Waals surface area contributed by atoms with E-state index >= 15 is 0 Å². The van der Waals surface area contributed by atoms with E-state index < -0.39 is 21.8 Å². The molecule has 0 bridgehead atoms. The fourth-order valence-electron chi connectivity index (χ4n) is 3.23. The van der Waals surface area contributed by atoms with E-state index in [1.807, 2.05) is 0 Å². The number of rotatable bonds is 6. The average Bonchev–Trinajstić information content (AvgIpc) is 3.45. The van der Waals surface area contributed by atoms with Crippen molar-refractivity contribution in [3.8, 4) is 11.3 Å². The van der Waals surface area contributed by atoms with Gasteiger partial charge in [-0.15, -0.1) is 0 Å². The largest absolute Gasteiger partial charge is 0.455 e. The Balaban J connectivity index is 1.39. The van der Waals surface area contributed by atoms with Crippen molar-refractivity contribution in [2.75, 3.05) is 13.1 Å². The molecule has 7 nitrogen and oxygen atoms in total. The quantitative estimate of drug-likeness (QED) is 0.555. The van der Waals surface area contributed by atoms with Crippen molar-refractivity contribution in [2.45, 2.75) is 24.3 Å². The molecule has 3 aromatic rings. The Morgan fingerprint density at radius 3 is 2.50 bits per heavy atom. The highest BCUT2D eigenvalue weighted by Gasteiger charge is 2.27. The maximum absolute atomic E-state index is 13.8. The first-order valence-corrected chi connectivity index (χ1v) is 10.9. The van der Waals surface area contributed by atoms with Gasteiger partial charge in [-0.05, 0) is 49.2 Å². The molecule has 156 valence electrons. The second kappa shape index (κ2) is 8.37. The van der Waals surface area contributed by atoms with Gasteiger partial charge in [0.15, 0.2) is 5.76 Å². The van der Waals surface area contributed by atoms with Gasteiger partial charge in [0, 0.05) is 19.2 Å². The fraction of sp³-hybridized carbons (Fsp3) is 0.238. The maximum atomic E-state index is 13.8. The lowest BCUT2D eigenvalue weighted by molar-refractivity contribution is 0.0464. The minimum atomic E-state index is -3.54. The Morgan fingerprint density at radius 1 is 1.10 bits per heavy atom. The Labute approximate surface area is 173 Å². The van der Waals surface area contributed by atoms with Gasteiger partial charge in [-0.25, -0.2) is 17.6 Å². The molecule has 1 fully saturated rings. The summed E-state index contributed by atoms with van der Waals surface area (Å²) in [5.41, 5.74) is 0.806. The lowest BCUT2D eigenvalue weighted by atomic mass is 10.1. The molecule has 2 aromatic carbocycles. The van der Waals surface area contributed by atoms with Crippen molar-refractivity contribution in [3.63, 3.8) is 0 Å². The van der Waals surface area contributed by atoms with Crippen LogP contribution in [0.3, 0.4) is 0 Å². The van der Waals surface area contributed by atoms with Crippen molar-refractivity contribution >= 4 is 16.0 Å². The number of benzene rings is 2. The summed E-state index contributed by atoms with van der Waals surface area (Å²) in [4.78, 5) is 12.4. The zero-order chi connectivity index (χ0) is 21.1. The van der Waals surface area contributed by atoms with Crippen LogP contribution in [-0.4, -0.2) is 36.9 Å². The highest BCUT2D eigenvalue weighted by atomic mass is 32.2. The number of hydrogen-bond acceptors (Lipinski definition) is 6.